The molecule has 1 saturated heterocycles. The minimum atomic E-state index is -0.0506. The van der Waals surface area contributed by atoms with Crippen molar-refractivity contribution in [3.8, 4) is 0 Å². The van der Waals surface area contributed by atoms with E-state index in [9.17, 15) is 0 Å². The molecule has 0 unspecified atom stereocenters. The molecule has 0 aromatic carbocycles. The van der Waals surface area contributed by atoms with E-state index in [1.165, 1.54) is 16.8 Å². The molecule has 7 nitrogen and oxygen atoms in total. The van der Waals surface area contributed by atoms with Crippen molar-refractivity contribution in [2.45, 2.75) is 45.8 Å². The Labute approximate surface area is 154 Å². The molecule has 2 aliphatic heterocycles. The van der Waals surface area contributed by atoms with E-state index < -0.39 is 0 Å². The van der Waals surface area contributed by atoms with Crippen LogP contribution in [0.2, 0.25) is 0 Å². The second-order valence-corrected chi connectivity index (χ2v) is 7.87. The van der Waals surface area contributed by atoms with Gasteiger partial charge in [-0.05, 0) is 33.7 Å². The Hall–Kier alpha value is -1.99. The van der Waals surface area contributed by atoms with Gasteiger partial charge in [-0.2, -0.15) is 0 Å². The van der Waals surface area contributed by atoms with Crippen molar-refractivity contribution < 1.29 is 9.26 Å². The number of aryl methyl sites for hydroxylation is 3. The number of hydrogen-bond acceptors (Lipinski definition) is 7. The van der Waals surface area contributed by atoms with Crippen LogP contribution >= 0.6 is 0 Å². The average Bonchev–Trinajstić information content (AvgIpc) is 3.15. The van der Waals surface area contributed by atoms with E-state index in [4.69, 9.17) is 14.2 Å². The van der Waals surface area contributed by atoms with Crippen LogP contribution in [0, 0.1) is 20.8 Å². The molecule has 26 heavy (non-hydrogen) atoms. The zero-order chi connectivity index (χ0) is 18.5. The van der Waals surface area contributed by atoms with E-state index in [2.05, 4.69) is 22.0 Å². The fraction of sp³-hybridized carbons (Fsp3) is 0.632. The molecule has 140 valence electrons. The summed E-state index contributed by atoms with van der Waals surface area (Å²) in [6.07, 6.45) is 1.05. The quantitative estimate of drug-likeness (QED) is 0.833. The molecule has 0 bridgehead atoms. The first-order chi connectivity index (χ1) is 12.4. The fourth-order valence-electron chi connectivity index (χ4n) is 4.17. The summed E-state index contributed by atoms with van der Waals surface area (Å²) >= 11 is 0. The second-order valence-electron chi connectivity index (χ2n) is 7.87. The molecule has 0 aliphatic carbocycles. The number of rotatable bonds is 3. The van der Waals surface area contributed by atoms with Crippen molar-refractivity contribution >= 4 is 5.95 Å². The minimum Gasteiger partial charge on any atom is -0.376 e. The number of likely N-dealkylation sites (tertiary alicyclic amines) is 1. The van der Waals surface area contributed by atoms with Crippen molar-refractivity contribution in [1.82, 2.24) is 20.0 Å². The largest absolute Gasteiger partial charge is 0.376 e. The molecule has 4 heterocycles. The normalized spacial score (nSPS) is 22.8. The van der Waals surface area contributed by atoms with E-state index in [1.807, 2.05) is 32.8 Å². The smallest absolute Gasteiger partial charge is 0.225 e. The van der Waals surface area contributed by atoms with Gasteiger partial charge in [0.05, 0.1) is 30.0 Å². The van der Waals surface area contributed by atoms with Crippen LogP contribution in [-0.4, -0.2) is 53.8 Å². The minimum absolute atomic E-state index is 0.0506. The average molecular weight is 357 g/mol. The third kappa shape index (κ3) is 2.79. The van der Waals surface area contributed by atoms with Crippen LogP contribution in [0.15, 0.2) is 4.52 Å². The van der Waals surface area contributed by atoms with Crippen molar-refractivity contribution in [2.75, 3.05) is 38.7 Å². The summed E-state index contributed by atoms with van der Waals surface area (Å²) in [6.45, 7) is 10.2. The van der Waals surface area contributed by atoms with Gasteiger partial charge in [-0.25, -0.2) is 9.97 Å². The number of ether oxygens (including phenoxy) is 1. The molecule has 1 fully saturated rings. The van der Waals surface area contributed by atoms with E-state index in [0.29, 0.717) is 6.61 Å². The van der Waals surface area contributed by atoms with Gasteiger partial charge in [0.25, 0.3) is 0 Å². The number of fused-ring (bicyclic) bond motifs is 2. The molecular formula is C19H27N5O2. The Kier molecular flexibility index (Phi) is 4.23. The topological polar surface area (TPSA) is 67.5 Å². The van der Waals surface area contributed by atoms with Crippen molar-refractivity contribution in [3.05, 3.63) is 34.0 Å². The Bertz CT molecular complexity index is 812. The first kappa shape index (κ1) is 17.4. The molecule has 2 aromatic heterocycles. The fourth-order valence-corrected chi connectivity index (χ4v) is 4.17. The molecule has 1 atom stereocenters. The maximum atomic E-state index is 5.99. The van der Waals surface area contributed by atoms with Gasteiger partial charge in [0, 0.05) is 44.0 Å². The molecule has 4 rings (SSSR count). The maximum Gasteiger partial charge on any atom is 0.225 e. The third-order valence-corrected chi connectivity index (χ3v) is 5.72. The van der Waals surface area contributed by atoms with Crippen LogP contribution in [0.4, 0.5) is 5.95 Å². The van der Waals surface area contributed by atoms with Crippen molar-refractivity contribution in [1.29, 1.82) is 0 Å². The highest BCUT2D eigenvalue weighted by molar-refractivity contribution is 5.41. The van der Waals surface area contributed by atoms with Gasteiger partial charge in [-0.1, -0.05) is 5.16 Å². The predicted molar refractivity (Wildman–Crippen MR) is 98.3 cm³/mol. The van der Waals surface area contributed by atoms with Gasteiger partial charge in [0.15, 0.2) is 0 Å². The lowest BCUT2D eigenvalue weighted by Gasteiger charge is -2.35. The number of hydrogen-bond donors (Lipinski definition) is 0. The molecular weight excluding hydrogens is 330 g/mol. The number of anilines is 1. The van der Waals surface area contributed by atoms with E-state index in [1.54, 1.807) is 0 Å². The monoisotopic (exact) mass is 357 g/mol. The molecule has 0 radical (unpaired) electrons. The maximum absolute atomic E-state index is 5.99. The zero-order valence-corrected chi connectivity index (χ0v) is 16.3. The highest BCUT2D eigenvalue weighted by Crippen LogP contribution is 2.41. The van der Waals surface area contributed by atoms with Crippen LogP contribution in [-0.2, 0) is 23.3 Å². The molecule has 0 saturated carbocycles. The highest BCUT2D eigenvalue weighted by Gasteiger charge is 2.45. The lowest BCUT2D eigenvalue weighted by atomic mass is 9.80. The van der Waals surface area contributed by atoms with Gasteiger partial charge in [0.1, 0.15) is 5.76 Å². The Balaban J connectivity index is 1.65. The van der Waals surface area contributed by atoms with Crippen LogP contribution in [0.1, 0.15) is 40.4 Å². The summed E-state index contributed by atoms with van der Waals surface area (Å²) < 4.78 is 11.3. The van der Waals surface area contributed by atoms with Gasteiger partial charge >= 0.3 is 0 Å². The molecule has 0 N–H and O–H groups in total. The first-order valence-electron chi connectivity index (χ1n) is 9.17. The van der Waals surface area contributed by atoms with Crippen LogP contribution in [0.3, 0.4) is 0 Å². The predicted octanol–water partition coefficient (Wildman–Crippen LogP) is 2.13. The number of nitrogens with zero attached hydrogens (tertiary/aromatic N) is 5. The molecule has 2 aliphatic rings. The van der Waals surface area contributed by atoms with Crippen molar-refractivity contribution in [3.63, 3.8) is 0 Å². The van der Waals surface area contributed by atoms with E-state index in [0.717, 1.165) is 55.8 Å². The third-order valence-electron chi connectivity index (χ3n) is 5.72. The standard InChI is InChI=1S/C19H27N5O2/c1-12-16-9-25-11-19(17(16)21-18(20-12)23(4)5)6-7-24(10-19)8-15-13(2)22-26-14(15)3/h6-11H2,1-5H3/t19-/m0/s1. The second kappa shape index (κ2) is 6.32. The summed E-state index contributed by atoms with van der Waals surface area (Å²) in [4.78, 5) is 14.0. The van der Waals surface area contributed by atoms with Gasteiger partial charge in [-0.3, -0.25) is 4.90 Å². The van der Waals surface area contributed by atoms with Gasteiger partial charge in [-0.15, -0.1) is 0 Å². The summed E-state index contributed by atoms with van der Waals surface area (Å²) in [6, 6.07) is 0. The molecule has 7 heteroatoms. The Morgan fingerprint density at radius 3 is 2.65 bits per heavy atom. The molecule has 0 amide bonds. The lowest BCUT2D eigenvalue weighted by Crippen LogP contribution is -2.41. The SMILES string of the molecule is Cc1nc(N(C)C)nc2c1COC[C@@]21CCN(Cc2c(C)noc2C)C1. The van der Waals surface area contributed by atoms with Gasteiger partial charge < -0.3 is 14.2 Å². The lowest BCUT2D eigenvalue weighted by molar-refractivity contribution is 0.0498. The summed E-state index contributed by atoms with van der Waals surface area (Å²) in [5, 5.41) is 4.09. The molecule has 1 spiro atoms. The Morgan fingerprint density at radius 1 is 1.15 bits per heavy atom. The van der Waals surface area contributed by atoms with E-state index in [-0.39, 0.29) is 5.41 Å². The van der Waals surface area contributed by atoms with Crippen LogP contribution in [0.5, 0.6) is 0 Å². The van der Waals surface area contributed by atoms with Crippen LogP contribution in [0.25, 0.3) is 0 Å². The zero-order valence-electron chi connectivity index (χ0n) is 16.3. The molecule has 2 aromatic rings. The first-order valence-corrected chi connectivity index (χ1v) is 9.17. The summed E-state index contributed by atoms with van der Waals surface area (Å²) in [5.74, 6) is 1.70. The van der Waals surface area contributed by atoms with E-state index >= 15 is 0 Å². The Morgan fingerprint density at radius 2 is 1.96 bits per heavy atom. The number of aromatic nitrogens is 3. The summed E-state index contributed by atoms with van der Waals surface area (Å²) in [7, 11) is 3.98. The highest BCUT2D eigenvalue weighted by atomic mass is 16.5. The van der Waals surface area contributed by atoms with Gasteiger partial charge in [0.2, 0.25) is 5.95 Å². The van der Waals surface area contributed by atoms with Crippen molar-refractivity contribution in [2.24, 2.45) is 0 Å². The van der Waals surface area contributed by atoms with Crippen LogP contribution < -0.4 is 4.90 Å². The summed E-state index contributed by atoms with van der Waals surface area (Å²) in [5.41, 5.74) is 5.51.